The Kier molecular flexibility index (Phi) is 6.28. The standard InChI is InChI=1S/C23H17F3N2O5S2/c1-13-4-6-16-18(9-13)27-22(31)28(21(16)30)19-7-5-14(11-17(19)23(24,25)26)10-15(29)12-35(32,33)20-3-2-8-34-20/h2-9,11H,10,12H2,1H3,(H,27,31). The van der Waals surface area contributed by atoms with Crippen molar-refractivity contribution in [3.05, 3.63) is 91.4 Å². The smallest absolute Gasteiger partial charge is 0.306 e. The van der Waals surface area contributed by atoms with Crippen LogP contribution >= 0.6 is 11.3 Å². The maximum absolute atomic E-state index is 13.9. The van der Waals surface area contributed by atoms with Gasteiger partial charge in [-0.2, -0.15) is 13.2 Å². The fourth-order valence-electron chi connectivity index (χ4n) is 3.67. The number of Topliss-reactive ketones (excluding diaryl/α,β-unsaturated/α-hetero) is 1. The number of alkyl halides is 3. The van der Waals surface area contributed by atoms with Crippen LogP contribution in [0.1, 0.15) is 16.7 Å². The summed E-state index contributed by atoms with van der Waals surface area (Å²) in [6.45, 7) is 1.73. The van der Waals surface area contributed by atoms with Crippen LogP contribution in [0.15, 0.2) is 67.7 Å². The number of carbonyl (C=O) groups excluding carboxylic acids is 1. The van der Waals surface area contributed by atoms with E-state index >= 15 is 0 Å². The number of aromatic amines is 1. The second-order valence-electron chi connectivity index (χ2n) is 7.88. The van der Waals surface area contributed by atoms with Gasteiger partial charge in [-0.15, -0.1) is 11.3 Å². The van der Waals surface area contributed by atoms with Gasteiger partial charge in [0, 0.05) is 6.42 Å². The molecular weight excluding hydrogens is 505 g/mol. The van der Waals surface area contributed by atoms with Gasteiger partial charge in [-0.3, -0.25) is 9.59 Å². The van der Waals surface area contributed by atoms with Gasteiger partial charge in [0.05, 0.1) is 22.2 Å². The van der Waals surface area contributed by atoms with E-state index in [0.29, 0.717) is 10.6 Å². The van der Waals surface area contributed by atoms with Crippen LogP contribution in [0.25, 0.3) is 16.6 Å². The molecule has 2 aromatic heterocycles. The van der Waals surface area contributed by atoms with Gasteiger partial charge in [0.2, 0.25) is 0 Å². The highest BCUT2D eigenvalue weighted by Crippen LogP contribution is 2.34. The van der Waals surface area contributed by atoms with Crippen molar-refractivity contribution in [3.63, 3.8) is 0 Å². The third-order valence-electron chi connectivity index (χ3n) is 5.21. The molecule has 0 atom stereocenters. The van der Waals surface area contributed by atoms with E-state index in [-0.39, 0.29) is 20.7 Å². The van der Waals surface area contributed by atoms with Crippen molar-refractivity contribution >= 4 is 37.9 Å². The highest BCUT2D eigenvalue weighted by Gasteiger charge is 2.35. The van der Waals surface area contributed by atoms with Crippen molar-refractivity contribution in [3.8, 4) is 5.69 Å². The Balaban J connectivity index is 1.75. The van der Waals surface area contributed by atoms with Gasteiger partial charge < -0.3 is 4.98 Å². The SMILES string of the molecule is Cc1ccc2c(=O)n(-c3ccc(CC(=O)CS(=O)(=O)c4cccs4)cc3C(F)(F)F)c(=O)[nH]c2c1. The van der Waals surface area contributed by atoms with E-state index in [1.807, 2.05) is 0 Å². The Bertz CT molecular complexity index is 1670. The Morgan fingerprint density at radius 1 is 1.09 bits per heavy atom. The molecule has 0 bridgehead atoms. The summed E-state index contributed by atoms with van der Waals surface area (Å²) in [7, 11) is -3.91. The number of carbonyl (C=O) groups is 1. The zero-order valence-electron chi connectivity index (χ0n) is 18.0. The fourth-order valence-corrected chi connectivity index (χ4v) is 6.00. The van der Waals surface area contributed by atoms with Crippen molar-refractivity contribution in [2.24, 2.45) is 0 Å². The highest BCUT2D eigenvalue weighted by molar-refractivity contribution is 7.94. The predicted octanol–water partition coefficient (Wildman–Crippen LogP) is 3.65. The molecule has 0 amide bonds. The third-order valence-corrected chi connectivity index (χ3v) is 8.38. The van der Waals surface area contributed by atoms with E-state index < -0.39 is 56.5 Å². The molecule has 4 rings (SSSR count). The summed E-state index contributed by atoms with van der Waals surface area (Å²) in [4.78, 5) is 40.3. The van der Waals surface area contributed by atoms with Crippen molar-refractivity contribution in [1.82, 2.24) is 9.55 Å². The van der Waals surface area contributed by atoms with Crippen molar-refractivity contribution in [2.75, 3.05) is 5.75 Å². The number of H-pyrrole nitrogens is 1. The van der Waals surface area contributed by atoms with Gasteiger partial charge >= 0.3 is 11.9 Å². The predicted molar refractivity (Wildman–Crippen MR) is 125 cm³/mol. The minimum absolute atomic E-state index is 0.0118. The minimum Gasteiger partial charge on any atom is -0.306 e. The normalized spacial score (nSPS) is 12.2. The molecule has 0 spiro atoms. The number of hydrogen-bond acceptors (Lipinski definition) is 6. The van der Waals surface area contributed by atoms with Crippen LogP contribution in [0.5, 0.6) is 0 Å². The van der Waals surface area contributed by atoms with Crippen LogP contribution in [0, 0.1) is 6.92 Å². The summed E-state index contributed by atoms with van der Waals surface area (Å²) < 4.78 is 66.8. The van der Waals surface area contributed by atoms with Crippen LogP contribution in [0.3, 0.4) is 0 Å². The average molecular weight is 523 g/mol. The molecule has 0 aliphatic rings. The molecule has 0 unspecified atom stereocenters. The molecule has 35 heavy (non-hydrogen) atoms. The van der Waals surface area contributed by atoms with Crippen molar-refractivity contribution < 1.29 is 26.4 Å². The number of nitrogens with one attached hydrogen (secondary N) is 1. The summed E-state index contributed by atoms with van der Waals surface area (Å²) >= 11 is 0.934. The number of sulfone groups is 1. The molecule has 1 N–H and O–H groups in total. The van der Waals surface area contributed by atoms with Gasteiger partial charge in [-0.25, -0.2) is 17.8 Å². The van der Waals surface area contributed by atoms with E-state index in [4.69, 9.17) is 0 Å². The lowest BCUT2D eigenvalue weighted by molar-refractivity contribution is -0.137. The lowest BCUT2D eigenvalue weighted by Crippen LogP contribution is -2.35. The third kappa shape index (κ3) is 4.98. The van der Waals surface area contributed by atoms with Crippen LogP contribution in [0.2, 0.25) is 0 Å². The maximum Gasteiger partial charge on any atom is 0.418 e. The van der Waals surface area contributed by atoms with Gasteiger partial charge in [0.1, 0.15) is 9.96 Å². The first-order valence-electron chi connectivity index (χ1n) is 10.1. The molecule has 0 aliphatic heterocycles. The number of rotatable bonds is 6. The van der Waals surface area contributed by atoms with Gasteiger partial charge in [0.15, 0.2) is 15.6 Å². The lowest BCUT2D eigenvalue weighted by Gasteiger charge is -2.16. The number of aryl methyl sites for hydroxylation is 1. The number of halogens is 3. The molecule has 0 saturated carbocycles. The first kappa shape index (κ1) is 24.6. The number of thiophene rings is 1. The van der Waals surface area contributed by atoms with Crippen molar-refractivity contribution in [1.29, 1.82) is 0 Å². The quantitative estimate of drug-likeness (QED) is 0.416. The monoisotopic (exact) mass is 522 g/mol. The maximum atomic E-state index is 13.9. The Labute approximate surface area is 200 Å². The van der Waals surface area contributed by atoms with Gasteiger partial charge in [-0.05, 0) is 53.8 Å². The second kappa shape index (κ2) is 8.93. The van der Waals surface area contributed by atoms with E-state index in [1.165, 1.54) is 29.6 Å². The second-order valence-corrected chi connectivity index (χ2v) is 11.0. The molecule has 0 aliphatic carbocycles. The van der Waals surface area contributed by atoms with Gasteiger partial charge in [-0.1, -0.05) is 18.2 Å². The first-order valence-corrected chi connectivity index (χ1v) is 12.6. The van der Waals surface area contributed by atoms with Crippen LogP contribution < -0.4 is 11.2 Å². The Morgan fingerprint density at radius 3 is 2.49 bits per heavy atom. The molecule has 12 heteroatoms. The molecule has 2 heterocycles. The molecule has 4 aromatic rings. The number of nitrogens with zero attached hydrogens (tertiary/aromatic N) is 1. The number of benzene rings is 2. The number of aromatic nitrogens is 2. The number of fused-ring (bicyclic) bond motifs is 1. The zero-order valence-corrected chi connectivity index (χ0v) is 19.7. The van der Waals surface area contributed by atoms with E-state index in [1.54, 1.807) is 13.0 Å². The van der Waals surface area contributed by atoms with Crippen molar-refractivity contribution in [2.45, 2.75) is 23.7 Å². The van der Waals surface area contributed by atoms with Crippen LogP contribution in [0.4, 0.5) is 13.2 Å². The minimum atomic E-state index is -4.97. The molecular formula is C23H17F3N2O5S2. The van der Waals surface area contributed by atoms with Crippen LogP contribution in [-0.4, -0.2) is 29.5 Å². The Hall–Kier alpha value is -3.51. The summed E-state index contributed by atoms with van der Waals surface area (Å²) in [6, 6.07) is 10.1. The largest absolute Gasteiger partial charge is 0.418 e. The van der Waals surface area contributed by atoms with E-state index in [0.717, 1.165) is 29.0 Å². The molecule has 0 fully saturated rings. The highest BCUT2D eigenvalue weighted by atomic mass is 32.2. The first-order chi connectivity index (χ1) is 16.4. The molecule has 0 saturated heterocycles. The average Bonchev–Trinajstić information content (AvgIpc) is 3.29. The number of hydrogen-bond donors (Lipinski definition) is 1. The summed E-state index contributed by atoms with van der Waals surface area (Å²) in [5, 5.41) is 1.56. The molecule has 7 nitrogen and oxygen atoms in total. The molecule has 2 aromatic carbocycles. The van der Waals surface area contributed by atoms with Gasteiger partial charge in [0.25, 0.3) is 5.56 Å². The number of ketones is 1. The topological polar surface area (TPSA) is 106 Å². The molecule has 0 radical (unpaired) electrons. The van der Waals surface area contributed by atoms with E-state index in [9.17, 15) is 36.0 Å². The summed E-state index contributed by atoms with van der Waals surface area (Å²) in [6.07, 6.45) is -5.54. The Morgan fingerprint density at radius 2 is 1.83 bits per heavy atom. The van der Waals surface area contributed by atoms with E-state index in [2.05, 4.69) is 4.98 Å². The summed E-state index contributed by atoms with van der Waals surface area (Å²) in [5.41, 5.74) is -3.15. The molecule has 182 valence electrons. The summed E-state index contributed by atoms with van der Waals surface area (Å²) in [5.74, 6) is -1.66. The zero-order chi connectivity index (χ0) is 25.5. The fraction of sp³-hybridized carbons (Fsp3) is 0.174. The lowest BCUT2D eigenvalue weighted by atomic mass is 10.0. The van der Waals surface area contributed by atoms with Crippen LogP contribution in [-0.2, 0) is 27.2 Å².